The number of amides is 3. The quantitative estimate of drug-likeness (QED) is 0.356. The average molecular weight is 397 g/mol. The number of nitrogens with one attached hydrogen (secondary N) is 1. The van der Waals surface area contributed by atoms with Gasteiger partial charge in [0.25, 0.3) is 5.69 Å². The molecule has 0 radical (unpaired) electrons. The number of nitro groups is 1. The maximum Gasteiger partial charge on any atom is 0.269 e. The van der Waals surface area contributed by atoms with Crippen LogP contribution in [0.25, 0.3) is 0 Å². The first-order valence-electron chi connectivity index (χ1n) is 9.94. The summed E-state index contributed by atoms with van der Waals surface area (Å²) in [5, 5.41) is 13.6. The number of anilines is 1. The molecule has 4 aliphatic rings. The first-order valence-corrected chi connectivity index (χ1v) is 9.94. The molecular formula is C21H23N3O5. The molecule has 0 spiro atoms. The fraction of sp³-hybridized carbons (Fsp3) is 0.476. The van der Waals surface area contributed by atoms with Crippen molar-refractivity contribution in [2.45, 2.75) is 39.2 Å². The van der Waals surface area contributed by atoms with E-state index >= 15 is 0 Å². The van der Waals surface area contributed by atoms with Gasteiger partial charge in [0, 0.05) is 17.8 Å². The molecule has 3 amide bonds. The van der Waals surface area contributed by atoms with Gasteiger partial charge in [0.05, 0.1) is 16.8 Å². The van der Waals surface area contributed by atoms with Gasteiger partial charge in [-0.3, -0.25) is 29.4 Å². The molecule has 152 valence electrons. The first-order chi connectivity index (χ1) is 13.8. The van der Waals surface area contributed by atoms with Crippen molar-refractivity contribution in [3.8, 4) is 0 Å². The standard InChI is InChI=1S/C21H23N3O5/c1-3-16(19(25)22-15-9-8-14(24(28)29)10-11(15)2)23-20(26)17-12-4-5-13(7-6-12)18(17)21(23)27/h4-5,8-10,12-13,16-18H,3,6-7H2,1-2H3,(H,22,25)/t12-,13-,16+,17-,18+/m0/s1. The number of imide groups is 1. The van der Waals surface area contributed by atoms with Crippen LogP contribution in [0.15, 0.2) is 30.4 Å². The smallest absolute Gasteiger partial charge is 0.269 e. The number of carbonyl (C=O) groups is 3. The second-order valence-electron chi connectivity index (χ2n) is 8.06. The lowest BCUT2D eigenvalue weighted by Gasteiger charge is -2.38. The number of carbonyl (C=O) groups excluding carboxylic acids is 3. The van der Waals surface area contributed by atoms with Crippen molar-refractivity contribution in [1.29, 1.82) is 0 Å². The molecule has 1 N–H and O–H groups in total. The van der Waals surface area contributed by atoms with E-state index in [0.717, 1.165) is 12.8 Å². The number of nitrogens with zero attached hydrogens (tertiary/aromatic N) is 2. The van der Waals surface area contributed by atoms with E-state index in [2.05, 4.69) is 5.32 Å². The van der Waals surface area contributed by atoms with E-state index < -0.39 is 16.9 Å². The van der Waals surface area contributed by atoms with E-state index in [1.807, 2.05) is 12.2 Å². The summed E-state index contributed by atoms with van der Waals surface area (Å²) in [5.41, 5.74) is 0.902. The highest BCUT2D eigenvalue weighted by Crippen LogP contribution is 2.50. The van der Waals surface area contributed by atoms with E-state index in [1.54, 1.807) is 13.8 Å². The van der Waals surface area contributed by atoms with Crippen LogP contribution in [-0.4, -0.2) is 33.6 Å². The molecule has 0 unspecified atom stereocenters. The van der Waals surface area contributed by atoms with Gasteiger partial charge in [-0.05, 0) is 49.7 Å². The summed E-state index contributed by atoms with van der Waals surface area (Å²) in [7, 11) is 0. The predicted molar refractivity (Wildman–Crippen MR) is 105 cm³/mol. The topological polar surface area (TPSA) is 110 Å². The fourth-order valence-corrected chi connectivity index (χ4v) is 5.01. The van der Waals surface area contributed by atoms with Gasteiger partial charge < -0.3 is 5.32 Å². The highest BCUT2D eigenvalue weighted by atomic mass is 16.6. The van der Waals surface area contributed by atoms with Crippen LogP contribution < -0.4 is 5.32 Å². The molecule has 0 aromatic heterocycles. The molecule has 2 bridgehead atoms. The lowest BCUT2D eigenvalue weighted by atomic mass is 9.63. The zero-order chi connectivity index (χ0) is 20.9. The molecule has 1 saturated carbocycles. The van der Waals surface area contributed by atoms with E-state index in [1.165, 1.54) is 23.1 Å². The minimum absolute atomic E-state index is 0.0653. The number of benzene rings is 1. The van der Waals surface area contributed by atoms with Crippen LogP contribution in [0.3, 0.4) is 0 Å². The second kappa shape index (κ2) is 7.09. The van der Waals surface area contributed by atoms with E-state index in [9.17, 15) is 24.5 Å². The number of nitro benzene ring substituents is 1. The summed E-state index contributed by atoms with van der Waals surface area (Å²) >= 11 is 0. The Morgan fingerprint density at radius 3 is 2.24 bits per heavy atom. The Morgan fingerprint density at radius 1 is 1.21 bits per heavy atom. The summed E-state index contributed by atoms with van der Waals surface area (Å²) in [6.45, 7) is 3.43. The number of aryl methyl sites for hydroxylation is 1. The van der Waals surface area contributed by atoms with Crippen LogP contribution in [0.5, 0.6) is 0 Å². The molecule has 1 aliphatic heterocycles. The maximum atomic E-state index is 13.1. The summed E-state index contributed by atoms with van der Waals surface area (Å²) in [6, 6.07) is 3.26. The number of hydrogen-bond donors (Lipinski definition) is 1. The monoisotopic (exact) mass is 397 g/mol. The molecule has 1 saturated heterocycles. The Bertz CT molecular complexity index is 908. The minimum atomic E-state index is -0.894. The van der Waals surface area contributed by atoms with Crippen LogP contribution in [0.1, 0.15) is 31.7 Å². The molecule has 8 nitrogen and oxygen atoms in total. The zero-order valence-electron chi connectivity index (χ0n) is 16.3. The normalized spacial score (nSPS) is 28.4. The van der Waals surface area contributed by atoms with Crippen molar-refractivity contribution in [3.05, 3.63) is 46.0 Å². The molecule has 29 heavy (non-hydrogen) atoms. The number of likely N-dealkylation sites (tertiary alicyclic amines) is 1. The third kappa shape index (κ3) is 3.03. The minimum Gasteiger partial charge on any atom is -0.324 e. The van der Waals surface area contributed by atoms with E-state index in [-0.39, 0.29) is 41.2 Å². The Labute approximate surface area is 168 Å². The first kappa shape index (κ1) is 19.3. The molecule has 1 aromatic rings. The van der Waals surface area contributed by atoms with Gasteiger partial charge in [0.1, 0.15) is 6.04 Å². The lowest BCUT2D eigenvalue weighted by Crippen LogP contribution is -2.47. The largest absolute Gasteiger partial charge is 0.324 e. The zero-order valence-corrected chi connectivity index (χ0v) is 16.3. The average Bonchev–Trinajstić information content (AvgIpc) is 2.98. The molecule has 2 fully saturated rings. The van der Waals surface area contributed by atoms with Gasteiger partial charge in [0.15, 0.2) is 0 Å². The van der Waals surface area contributed by atoms with Gasteiger partial charge in [-0.15, -0.1) is 0 Å². The summed E-state index contributed by atoms with van der Waals surface area (Å²) in [5.74, 6) is -1.51. The van der Waals surface area contributed by atoms with Crippen molar-refractivity contribution in [2.24, 2.45) is 23.7 Å². The molecule has 1 aromatic carbocycles. The Balaban J connectivity index is 1.56. The van der Waals surface area contributed by atoms with Crippen LogP contribution in [0.4, 0.5) is 11.4 Å². The van der Waals surface area contributed by atoms with Crippen molar-refractivity contribution in [3.63, 3.8) is 0 Å². The number of rotatable bonds is 5. The molecule has 8 heteroatoms. The van der Waals surface area contributed by atoms with Gasteiger partial charge in [-0.2, -0.15) is 0 Å². The van der Waals surface area contributed by atoms with Gasteiger partial charge >= 0.3 is 0 Å². The van der Waals surface area contributed by atoms with Crippen LogP contribution in [0, 0.1) is 40.7 Å². The van der Waals surface area contributed by atoms with Crippen molar-refractivity contribution in [2.75, 3.05) is 5.32 Å². The van der Waals surface area contributed by atoms with Crippen LogP contribution in [-0.2, 0) is 14.4 Å². The number of hydrogen-bond acceptors (Lipinski definition) is 5. The Hall–Kier alpha value is -3.03. The van der Waals surface area contributed by atoms with Gasteiger partial charge in [-0.1, -0.05) is 19.1 Å². The number of fused-ring (bicyclic) bond motifs is 1. The van der Waals surface area contributed by atoms with Gasteiger partial charge in [-0.25, -0.2) is 0 Å². The third-order valence-electron chi connectivity index (χ3n) is 6.47. The molecule has 1 heterocycles. The number of allylic oxidation sites excluding steroid dienone is 2. The number of non-ortho nitro benzene ring substituents is 1. The Kier molecular flexibility index (Phi) is 4.72. The maximum absolute atomic E-state index is 13.1. The van der Waals surface area contributed by atoms with Crippen molar-refractivity contribution >= 4 is 29.1 Å². The fourth-order valence-electron chi connectivity index (χ4n) is 5.01. The highest BCUT2D eigenvalue weighted by molar-refractivity contribution is 6.10. The van der Waals surface area contributed by atoms with Crippen LogP contribution >= 0.6 is 0 Å². The predicted octanol–water partition coefficient (Wildman–Crippen LogP) is 2.82. The highest BCUT2D eigenvalue weighted by Gasteiger charge is 2.58. The van der Waals surface area contributed by atoms with Gasteiger partial charge in [0.2, 0.25) is 17.7 Å². The second-order valence-corrected chi connectivity index (χ2v) is 8.06. The molecule has 5 atom stereocenters. The van der Waals surface area contributed by atoms with E-state index in [0.29, 0.717) is 17.7 Å². The van der Waals surface area contributed by atoms with E-state index in [4.69, 9.17) is 0 Å². The lowest BCUT2D eigenvalue weighted by molar-refractivity contribution is -0.384. The molecule has 5 rings (SSSR count). The Morgan fingerprint density at radius 2 is 1.79 bits per heavy atom. The van der Waals surface area contributed by atoms with Crippen LogP contribution in [0.2, 0.25) is 0 Å². The summed E-state index contributed by atoms with van der Waals surface area (Å²) in [4.78, 5) is 50.7. The SMILES string of the molecule is CC[C@H](C(=O)Nc1ccc([N+](=O)[O-])cc1C)N1C(=O)[C@@H]2[C@H](C1=O)[C@H]1C=C[C@H]2CC1. The molecule has 3 aliphatic carbocycles. The molecular weight excluding hydrogens is 374 g/mol. The third-order valence-corrected chi connectivity index (χ3v) is 6.47. The van der Waals surface area contributed by atoms with Crippen molar-refractivity contribution in [1.82, 2.24) is 4.90 Å². The van der Waals surface area contributed by atoms with Crippen molar-refractivity contribution < 1.29 is 19.3 Å². The summed E-state index contributed by atoms with van der Waals surface area (Å²) in [6.07, 6.45) is 6.20. The summed E-state index contributed by atoms with van der Waals surface area (Å²) < 4.78 is 0.